The summed E-state index contributed by atoms with van der Waals surface area (Å²) in [5.74, 6) is 0.768. The van der Waals surface area contributed by atoms with E-state index in [1.54, 1.807) is 23.5 Å². The molecule has 0 radical (unpaired) electrons. The summed E-state index contributed by atoms with van der Waals surface area (Å²) < 4.78 is 18.6. The lowest BCUT2D eigenvalue weighted by Crippen LogP contribution is -2.56. The Morgan fingerprint density at radius 2 is 2.10 bits per heavy atom. The molecule has 5 nitrogen and oxygen atoms in total. The van der Waals surface area contributed by atoms with Crippen LogP contribution in [0.2, 0.25) is 0 Å². The van der Waals surface area contributed by atoms with Gasteiger partial charge < -0.3 is 9.84 Å². The fraction of sp³-hybridized carbons (Fsp3) is 0.364. The smallest absolute Gasteiger partial charge is 0.237 e. The number of halogens is 1. The molecule has 1 aliphatic rings. The fourth-order valence-corrected chi connectivity index (χ4v) is 4.48. The largest absolute Gasteiger partial charge is 0.356 e. The van der Waals surface area contributed by atoms with Crippen molar-refractivity contribution in [2.45, 2.75) is 38.9 Å². The summed E-state index contributed by atoms with van der Waals surface area (Å²) in [6.07, 6.45) is 0.783. The normalized spacial score (nSPS) is 20.2. The number of hydrogen-bond acceptors (Lipinski definition) is 5. The zero-order valence-electron chi connectivity index (χ0n) is 16.5. The van der Waals surface area contributed by atoms with Gasteiger partial charge in [-0.1, -0.05) is 25.1 Å². The van der Waals surface area contributed by atoms with E-state index in [1.165, 1.54) is 12.1 Å². The molecule has 0 saturated carbocycles. The van der Waals surface area contributed by atoms with Gasteiger partial charge in [-0.3, -0.25) is 9.69 Å². The first-order valence-electron chi connectivity index (χ1n) is 9.79. The Balaban J connectivity index is 1.54. The van der Waals surface area contributed by atoms with E-state index in [2.05, 4.69) is 35.3 Å². The van der Waals surface area contributed by atoms with Crippen molar-refractivity contribution < 1.29 is 13.7 Å². The molecule has 0 aliphatic carbocycles. The van der Waals surface area contributed by atoms with Gasteiger partial charge in [-0.15, -0.1) is 11.3 Å². The Hall–Kier alpha value is -2.51. The third kappa shape index (κ3) is 4.57. The molecular weight excluding hydrogens is 389 g/mol. The molecule has 2 aromatic heterocycles. The second-order valence-electron chi connectivity index (χ2n) is 7.84. The number of carbonyl (C=O) groups is 1. The van der Waals surface area contributed by atoms with E-state index in [9.17, 15) is 9.18 Å². The highest BCUT2D eigenvalue weighted by atomic mass is 32.1. The lowest BCUT2D eigenvalue weighted by molar-refractivity contribution is -0.131. The first-order chi connectivity index (χ1) is 14.0. The van der Waals surface area contributed by atoms with Crippen molar-refractivity contribution in [3.8, 4) is 11.3 Å². The molecule has 1 aromatic carbocycles. The Bertz CT molecular complexity index is 953. The maximum atomic E-state index is 13.2. The Kier molecular flexibility index (Phi) is 5.78. The average molecular weight is 414 g/mol. The molecule has 0 spiro atoms. The van der Waals surface area contributed by atoms with Crippen molar-refractivity contribution in [1.29, 1.82) is 0 Å². The molecule has 2 atom stereocenters. The van der Waals surface area contributed by atoms with Crippen LogP contribution in [0.3, 0.4) is 0 Å². The standard InChI is InChI=1S/C22H24FN3O2S/c1-14(2)10-19-22(27)24-18(21-4-3-9-29-21)13-26(19)12-17-11-20(28-25-17)15-5-7-16(23)8-6-15/h3-9,11,14,18-19H,10,12-13H2,1-2H3,(H,24,27)/t18-,19+/m1/s1. The van der Waals surface area contributed by atoms with Gasteiger partial charge >= 0.3 is 0 Å². The van der Waals surface area contributed by atoms with Crippen molar-refractivity contribution in [3.63, 3.8) is 0 Å². The monoisotopic (exact) mass is 413 g/mol. The predicted octanol–water partition coefficient (Wildman–Crippen LogP) is 4.63. The lowest BCUT2D eigenvalue weighted by Gasteiger charge is -2.39. The van der Waals surface area contributed by atoms with Crippen LogP contribution in [0.4, 0.5) is 4.39 Å². The van der Waals surface area contributed by atoms with E-state index in [-0.39, 0.29) is 23.8 Å². The zero-order valence-corrected chi connectivity index (χ0v) is 17.3. The number of hydrogen-bond donors (Lipinski definition) is 1. The molecular formula is C22H24FN3O2S. The number of carbonyl (C=O) groups excluding carboxylic acids is 1. The van der Waals surface area contributed by atoms with Crippen LogP contribution < -0.4 is 5.32 Å². The number of benzene rings is 1. The topological polar surface area (TPSA) is 58.4 Å². The molecule has 29 heavy (non-hydrogen) atoms. The van der Waals surface area contributed by atoms with Crippen molar-refractivity contribution in [2.24, 2.45) is 5.92 Å². The summed E-state index contributed by atoms with van der Waals surface area (Å²) in [5, 5.41) is 9.40. The molecule has 152 valence electrons. The van der Waals surface area contributed by atoms with Crippen LogP contribution in [0.5, 0.6) is 0 Å². The van der Waals surface area contributed by atoms with Crippen molar-refractivity contribution in [2.75, 3.05) is 6.54 Å². The summed E-state index contributed by atoms with van der Waals surface area (Å²) in [5.41, 5.74) is 1.54. The number of nitrogens with one attached hydrogen (secondary N) is 1. The summed E-state index contributed by atoms with van der Waals surface area (Å²) >= 11 is 1.65. The zero-order chi connectivity index (χ0) is 20.4. The first kappa shape index (κ1) is 19.8. The van der Waals surface area contributed by atoms with Gasteiger partial charge in [-0.05, 0) is 48.1 Å². The Labute approximate surface area is 173 Å². The van der Waals surface area contributed by atoms with Gasteiger partial charge in [0.25, 0.3) is 0 Å². The van der Waals surface area contributed by atoms with Gasteiger partial charge in [0.05, 0.1) is 17.8 Å². The molecule has 7 heteroatoms. The average Bonchev–Trinajstić information content (AvgIpc) is 3.37. The van der Waals surface area contributed by atoms with E-state index in [1.807, 2.05) is 17.5 Å². The number of aromatic nitrogens is 1. The second-order valence-corrected chi connectivity index (χ2v) is 8.82. The molecule has 0 unspecified atom stereocenters. The highest BCUT2D eigenvalue weighted by Crippen LogP contribution is 2.28. The maximum Gasteiger partial charge on any atom is 0.237 e. The van der Waals surface area contributed by atoms with Crippen molar-refractivity contribution in [3.05, 3.63) is 64.2 Å². The highest BCUT2D eigenvalue weighted by molar-refractivity contribution is 7.10. The van der Waals surface area contributed by atoms with Crippen molar-refractivity contribution >= 4 is 17.2 Å². The summed E-state index contributed by atoms with van der Waals surface area (Å²) in [6.45, 7) is 5.50. The van der Waals surface area contributed by atoms with E-state index in [0.29, 0.717) is 18.2 Å². The third-order valence-corrected chi connectivity index (χ3v) is 6.10. The number of nitrogens with zero attached hydrogens (tertiary/aromatic N) is 2. The predicted molar refractivity (Wildman–Crippen MR) is 111 cm³/mol. The van der Waals surface area contributed by atoms with Crippen LogP contribution in [0.1, 0.15) is 36.9 Å². The minimum Gasteiger partial charge on any atom is -0.356 e. The van der Waals surface area contributed by atoms with Crippen LogP contribution >= 0.6 is 11.3 Å². The Morgan fingerprint density at radius 1 is 1.31 bits per heavy atom. The molecule has 1 aliphatic heterocycles. The van der Waals surface area contributed by atoms with Gasteiger partial charge in [-0.2, -0.15) is 0 Å². The van der Waals surface area contributed by atoms with Gasteiger partial charge in [0.2, 0.25) is 5.91 Å². The van der Waals surface area contributed by atoms with Crippen LogP contribution in [0.25, 0.3) is 11.3 Å². The van der Waals surface area contributed by atoms with Crippen LogP contribution in [0.15, 0.2) is 52.4 Å². The van der Waals surface area contributed by atoms with E-state index < -0.39 is 0 Å². The Morgan fingerprint density at radius 3 is 2.79 bits per heavy atom. The van der Waals surface area contributed by atoms with Gasteiger partial charge in [-0.25, -0.2) is 4.39 Å². The van der Waals surface area contributed by atoms with E-state index in [4.69, 9.17) is 4.52 Å². The number of rotatable bonds is 6. The first-order valence-corrected chi connectivity index (χ1v) is 10.7. The minimum absolute atomic E-state index is 0.0191. The van der Waals surface area contributed by atoms with Gasteiger partial charge in [0.1, 0.15) is 5.82 Å². The lowest BCUT2D eigenvalue weighted by atomic mass is 9.97. The second kappa shape index (κ2) is 8.47. The summed E-state index contributed by atoms with van der Waals surface area (Å²) in [6, 6.07) is 11.8. The molecule has 0 bridgehead atoms. The molecule has 4 rings (SSSR count). The number of amides is 1. The van der Waals surface area contributed by atoms with Crippen LogP contribution in [0, 0.1) is 11.7 Å². The maximum absolute atomic E-state index is 13.2. The molecule has 1 saturated heterocycles. The molecule has 1 fully saturated rings. The molecule has 1 amide bonds. The van der Waals surface area contributed by atoms with Crippen LogP contribution in [-0.4, -0.2) is 28.6 Å². The number of thiophene rings is 1. The van der Waals surface area contributed by atoms with E-state index in [0.717, 1.165) is 29.1 Å². The summed E-state index contributed by atoms with van der Waals surface area (Å²) in [4.78, 5) is 16.2. The van der Waals surface area contributed by atoms with Crippen molar-refractivity contribution in [1.82, 2.24) is 15.4 Å². The highest BCUT2D eigenvalue weighted by Gasteiger charge is 2.36. The SMILES string of the molecule is CC(C)C[C@H]1C(=O)N[C@@H](c2cccs2)CN1Cc1cc(-c2ccc(F)cc2)on1. The van der Waals surface area contributed by atoms with Gasteiger partial charge in [0.15, 0.2) is 5.76 Å². The fourth-order valence-electron chi connectivity index (χ4n) is 3.71. The van der Waals surface area contributed by atoms with Crippen LogP contribution in [-0.2, 0) is 11.3 Å². The minimum atomic E-state index is -0.288. The molecule has 3 heterocycles. The molecule has 1 N–H and O–H groups in total. The number of piperazine rings is 1. The summed E-state index contributed by atoms with van der Waals surface area (Å²) in [7, 11) is 0. The molecule has 3 aromatic rings. The van der Waals surface area contributed by atoms with Gasteiger partial charge in [0, 0.05) is 29.6 Å². The quantitative estimate of drug-likeness (QED) is 0.640. The third-order valence-electron chi connectivity index (χ3n) is 5.11. The van der Waals surface area contributed by atoms with E-state index >= 15 is 0 Å².